The van der Waals surface area contributed by atoms with Gasteiger partial charge in [0, 0.05) is 21.4 Å². The Morgan fingerprint density at radius 1 is 0.632 bits per heavy atom. The monoisotopic (exact) mass is 544 g/mol. The zero-order valence-electron chi connectivity index (χ0n) is 20.9. The number of para-hydroxylation sites is 1. The van der Waals surface area contributed by atoms with E-state index in [1.807, 2.05) is 72.8 Å². The Labute approximate surface area is 223 Å². The standard InChI is InChI=1S/C30H26O6P2/c1-31-23-11-4-3-10-22(23)29-24(32-2)12-5-17-30(29,37(25-13-6-18-33-25)26-14-7-19-34-26)38(27-15-8-20-35-27)28-16-9-21-36-28/h3-21,29H,1-2H3/t29-/m1/s1. The predicted octanol–water partition coefficient (Wildman–Crippen LogP) is 6.21. The molecule has 5 aromatic rings. The molecule has 4 heterocycles. The van der Waals surface area contributed by atoms with Gasteiger partial charge in [-0.1, -0.05) is 30.4 Å². The van der Waals surface area contributed by atoms with Gasteiger partial charge in [0.25, 0.3) is 0 Å². The van der Waals surface area contributed by atoms with Gasteiger partial charge in [0.15, 0.2) is 0 Å². The molecule has 6 nitrogen and oxygen atoms in total. The Balaban J connectivity index is 1.74. The van der Waals surface area contributed by atoms with Gasteiger partial charge in [-0.25, -0.2) is 0 Å². The summed E-state index contributed by atoms with van der Waals surface area (Å²) in [6.45, 7) is 0. The van der Waals surface area contributed by atoms with Crippen LogP contribution in [-0.2, 0) is 4.74 Å². The maximum Gasteiger partial charge on any atom is 0.134 e. The molecule has 0 N–H and O–H groups in total. The summed E-state index contributed by atoms with van der Waals surface area (Å²) in [5.74, 6) is 1.27. The summed E-state index contributed by atoms with van der Waals surface area (Å²) in [5, 5.41) is 0. The molecule has 0 aliphatic heterocycles. The van der Waals surface area contributed by atoms with E-state index < -0.39 is 20.7 Å². The lowest BCUT2D eigenvalue weighted by Gasteiger charge is -2.48. The maximum absolute atomic E-state index is 6.18. The molecule has 0 bridgehead atoms. The molecule has 0 amide bonds. The molecule has 1 atom stereocenters. The minimum Gasteiger partial charge on any atom is -0.500 e. The average Bonchev–Trinajstić information content (AvgIpc) is 3.78. The van der Waals surface area contributed by atoms with Crippen molar-refractivity contribution in [1.82, 2.24) is 0 Å². The van der Waals surface area contributed by atoms with Crippen molar-refractivity contribution in [2.45, 2.75) is 10.8 Å². The summed E-state index contributed by atoms with van der Waals surface area (Å²) in [7, 11) is 0.747. The lowest BCUT2D eigenvalue weighted by Crippen LogP contribution is -2.43. The third-order valence-electron chi connectivity index (χ3n) is 6.62. The molecule has 8 heteroatoms. The highest BCUT2D eigenvalue weighted by atomic mass is 31.2. The Hall–Kier alpha value is -3.72. The normalized spacial score (nSPS) is 16.6. The zero-order valence-corrected chi connectivity index (χ0v) is 22.7. The van der Waals surface area contributed by atoms with Crippen molar-refractivity contribution < 1.29 is 27.1 Å². The highest BCUT2D eigenvalue weighted by Gasteiger charge is 2.59. The van der Waals surface area contributed by atoms with Gasteiger partial charge in [0.2, 0.25) is 0 Å². The fraction of sp³-hybridized carbons (Fsp3) is 0.133. The molecule has 0 saturated carbocycles. The molecule has 0 radical (unpaired) electrons. The second kappa shape index (κ2) is 10.6. The number of hydrogen-bond acceptors (Lipinski definition) is 6. The summed E-state index contributed by atoms with van der Waals surface area (Å²) in [6, 6.07) is 23.8. The van der Waals surface area contributed by atoms with Crippen LogP contribution in [0.2, 0.25) is 0 Å². The first-order valence-electron chi connectivity index (χ1n) is 12.1. The van der Waals surface area contributed by atoms with Crippen molar-refractivity contribution in [3.05, 3.63) is 127 Å². The van der Waals surface area contributed by atoms with E-state index in [-0.39, 0.29) is 5.92 Å². The minimum absolute atomic E-state index is 0.295. The first-order chi connectivity index (χ1) is 18.8. The lowest BCUT2D eigenvalue weighted by atomic mass is 9.88. The Kier molecular flexibility index (Phi) is 6.84. The van der Waals surface area contributed by atoms with Crippen molar-refractivity contribution >= 4 is 37.8 Å². The van der Waals surface area contributed by atoms with Crippen LogP contribution in [0.25, 0.3) is 0 Å². The summed E-state index contributed by atoms with van der Waals surface area (Å²) in [5.41, 5.74) is 4.28. The Morgan fingerprint density at radius 3 is 1.55 bits per heavy atom. The van der Waals surface area contributed by atoms with E-state index in [1.54, 1.807) is 39.3 Å². The highest BCUT2D eigenvalue weighted by molar-refractivity contribution is 7.90. The van der Waals surface area contributed by atoms with Crippen LogP contribution in [0.3, 0.4) is 0 Å². The maximum atomic E-state index is 6.18. The molecule has 0 fully saturated rings. The molecular weight excluding hydrogens is 518 g/mol. The first kappa shape index (κ1) is 24.6. The molecule has 192 valence electrons. The summed E-state index contributed by atoms with van der Waals surface area (Å²) >= 11 is 0. The van der Waals surface area contributed by atoms with Crippen molar-refractivity contribution in [2.24, 2.45) is 0 Å². The highest BCUT2D eigenvalue weighted by Crippen LogP contribution is 2.73. The topological polar surface area (TPSA) is 71.0 Å². The number of rotatable bonds is 9. The molecule has 1 aromatic carbocycles. The van der Waals surface area contributed by atoms with E-state index in [0.717, 1.165) is 39.1 Å². The van der Waals surface area contributed by atoms with Gasteiger partial charge in [-0.05, 0) is 60.7 Å². The van der Waals surface area contributed by atoms with Crippen molar-refractivity contribution in [3.63, 3.8) is 0 Å². The van der Waals surface area contributed by atoms with Gasteiger partial charge >= 0.3 is 0 Å². The number of benzene rings is 1. The molecule has 1 aliphatic rings. The van der Waals surface area contributed by atoms with Crippen LogP contribution in [0, 0.1) is 0 Å². The molecule has 0 spiro atoms. The average molecular weight is 544 g/mol. The molecule has 38 heavy (non-hydrogen) atoms. The quantitative estimate of drug-likeness (QED) is 0.206. The van der Waals surface area contributed by atoms with Gasteiger partial charge in [0.1, 0.15) is 33.5 Å². The third kappa shape index (κ3) is 4.05. The zero-order chi connectivity index (χ0) is 26.0. The van der Waals surface area contributed by atoms with Gasteiger partial charge in [-0.15, -0.1) is 0 Å². The second-order valence-corrected chi connectivity index (χ2v) is 13.5. The molecule has 0 saturated heterocycles. The number of methoxy groups -OCH3 is 2. The Morgan fingerprint density at radius 2 is 1.13 bits per heavy atom. The van der Waals surface area contributed by atoms with Gasteiger partial charge in [0.05, 0.1) is 50.1 Å². The van der Waals surface area contributed by atoms with Crippen molar-refractivity contribution in [1.29, 1.82) is 0 Å². The first-order valence-corrected chi connectivity index (χ1v) is 14.8. The van der Waals surface area contributed by atoms with Crippen molar-refractivity contribution in [3.8, 4) is 5.75 Å². The van der Waals surface area contributed by atoms with Gasteiger partial charge < -0.3 is 27.1 Å². The van der Waals surface area contributed by atoms with Crippen LogP contribution in [-0.4, -0.2) is 19.1 Å². The third-order valence-corrected chi connectivity index (χ3v) is 12.8. The Bertz CT molecular complexity index is 1360. The van der Waals surface area contributed by atoms with E-state index >= 15 is 0 Å². The smallest absolute Gasteiger partial charge is 0.134 e. The predicted molar refractivity (Wildman–Crippen MR) is 150 cm³/mol. The number of furan rings is 4. The van der Waals surface area contributed by atoms with Gasteiger partial charge in [-0.3, -0.25) is 0 Å². The van der Waals surface area contributed by atoms with Gasteiger partial charge in [-0.2, -0.15) is 0 Å². The largest absolute Gasteiger partial charge is 0.500 e. The molecule has 4 aromatic heterocycles. The van der Waals surface area contributed by atoms with E-state index in [0.29, 0.717) is 0 Å². The number of allylic oxidation sites excluding steroid dienone is 4. The summed E-state index contributed by atoms with van der Waals surface area (Å²) < 4.78 is 36.8. The van der Waals surface area contributed by atoms with Crippen LogP contribution >= 0.6 is 15.8 Å². The fourth-order valence-corrected chi connectivity index (χ4v) is 12.1. The van der Waals surface area contributed by atoms with Crippen LogP contribution in [0.5, 0.6) is 5.75 Å². The van der Waals surface area contributed by atoms with Crippen LogP contribution < -0.4 is 26.7 Å². The van der Waals surface area contributed by atoms with E-state index in [2.05, 4.69) is 18.2 Å². The molecule has 6 rings (SSSR count). The number of ether oxygens (including phenoxy) is 2. The van der Waals surface area contributed by atoms with Crippen LogP contribution in [0.15, 0.2) is 140 Å². The minimum atomic E-state index is -1.33. The fourth-order valence-electron chi connectivity index (χ4n) is 5.18. The SMILES string of the molecule is COC1=CC=CC(P(c2ccco2)c2ccco2)(P(c2ccco2)c2ccco2)[C@@H]1c1ccccc1OC. The molecule has 1 aliphatic carbocycles. The second-order valence-electron chi connectivity index (χ2n) is 8.57. The number of hydrogen-bond donors (Lipinski definition) is 0. The summed E-state index contributed by atoms with van der Waals surface area (Å²) in [4.78, 5) is -0.704. The lowest BCUT2D eigenvalue weighted by molar-refractivity contribution is 0.259. The molecule has 0 unspecified atom stereocenters. The van der Waals surface area contributed by atoms with E-state index in [9.17, 15) is 0 Å². The molecular formula is C30H26O6P2. The summed E-state index contributed by atoms with van der Waals surface area (Å²) in [6.07, 6.45) is 13.2. The van der Waals surface area contributed by atoms with Crippen LogP contribution in [0.1, 0.15) is 11.5 Å². The van der Waals surface area contributed by atoms with E-state index in [4.69, 9.17) is 27.1 Å². The van der Waals surface area contributed by atoms with Crippen molar-refractivity contribution in [2.75, 3.05) is 14.2 Å². The van der Waals surface area contributed by atoms with E-state index in [1.165, 1.54) is 0 Å². The van der Waals surface area contributed by atoms with Crippen LogP contribution in [0.4, 0.5) is 0 Å².